The summed E-state index contributed by atoms with van der Waals surface area (Å²) in [6.07, 6.45) is -4.63. The first-order valence-electron chi connectivity index (χ1n) is 7.96. The van der Waals surface area contributed by atoms with Crippen LogP contribution in [0.25, 0.3) is 10.9 Å². The summed E-state index contributed by atoms with van der Waals surface area (Å²) in [6, 6.07) is 9.42. The Labute approximate surface area is 157 Å². The largest absolute Gasteiger partial charge is 0.455 e. The molecule has 0 atom stereocenters. The van der Waals surface area contributed by atoms with Crippen molar-refractivity contribution in [2.24, 2.45) is 5.73 Å². The van der Waals surface area contributed by atoms with Crippen LogP contribution in [0.15, 0.2) is 42.5 Å². The number of nitrogen functional groups attached to an aromatic ring is 1. The van der Waals surface area contributed by atoms with Crippen LogP contribution in [0, 0.1) is 5.41 Å². The maximum atomic E-state index is 13.4. The van der Waals surface area contributed by atoms with Crippen molar-refractivity contribution in [2.45, 2.75) is 6.18 Å². The monoisotopic (exact) mass is 391 g/mol. The number of carbonyl (C=O) groups excluding carboxylic acids is 1. The summed E-state index contributed by atoms with van der Waals surface area (Å²) >= 11 is 0. The maximum Gasteiger partial charge on any atom is 0.417 e. The minimum atomic E-state index is -4.63. The SMILES string of the molecule is CN(C(=N)N)C(=O)c1cc2c(C(F)(F)F)ccc(Oc3ccc(N)cc3)c2[nH]1. The third-order valence-corrected chi connectivity index (χ3v) is 4.07. The van der Waals surface area contributed by atoms with Crippen molar-refractivity contribution < 1.29 is 22.7 Å². The van der Waals surface area contributed by atoms with E-state index in [-0.39, 0.29) is 22.3 Å². The number of hydrogen-bond donors (Lipinski definition) is 4. The highest BCUT2D eigenvalue weighted by molar-refractivity contribution is 6.06. The first-order valence-corrected chi connectivity index (χ1v) is 7.96. The number of alkyl halides is 3. The van der Waals surface area contributed by atoms with Crippen molar-refractivity contribution in [3.05, 3.63) is 53.7 Å². The number of nitrogens with two attached hydrogens (primary N) is 2. The number of aromatic amines is 1. The molecule has 0 radical (unpaired) electrons. The summed E-state index contributed by atoms with van der Waals surface area (Å²) in [5, 5.41) is 7.08. The van der Waals surface area contributed by atoms with Crippen molar-refractivity contribution in [3.8, 4) is 11.5 Å². The second-order valence-corrected chi connectivity index (χ2v) is 6.00. The Kier molecular flexibility index (Phi) is 4.63. The van der Waals surface area contributed by atoms with Gasteiger partial charge in [-0.1, -0.05) is 0 Å². The average Bonchev–Trinajstić information content (AvgIpc) is 3.06. The van der Waals surface area contributed by atoms with Crippen molar-refractivity contribution in [1.82, 2.24) is 9.88 Å². The van der Waals surface area contributed by atoms with Crippen molar-refractivity contribution in [1.29, 1.82) is 5.41 Å². The lowest BCUT2D eigenvalue weighted by Gasteiger charge is -2.13. The van der Waals surface area contributed by atoms with Crippen LogP contribution >= 0.6 is 0 Å². The summed E-state index contributed by atoms with van der Waals surface area (Å²) in [5.41, 5.74) is 10.3. The van der Waals surface area contributed by atoms with E-state index in [1.807, 2.05) is 0 Å². The highest BCUT2D eigenvalue weighted by atomic mass is 19.4. The van der Waals surface area contributed by atoms with Gasteiger partial charge in [-0.3, -0.25) is 15.1 Å². The van der Waals surface area contributed by atoms with Gasteiger partial charge in [-0.15, -0.1) is 0 Å². The van der Waals surface area contributed by atoms with Gasteiger partial charge in [0.2, 0.25) is 0 Å². The number of rotatable bonds is 3. The molecule has 1 heterocycles. The third kappa shape index (κ3) is 3.56. The minimum Gasteiger partial charge on any atom is -0.455 e. The van der Waals surface area contributed by atoms with Gasteiger partial charge >= 0.3 is 6.18 Å². The smallest absolute Gasteiger partial charge is 0.417 e. The number of anilines is 1. The van der Waals surface area contributed by atoms with E-state index in [9.17, 15) is 18.0 Å². The number of aromatic nitrogens is 1. The number of halogens is 3. The van der Waals surface area contributed by atoms with E-state index < -0.39 is 23.6 Å². The molecular formula is C18H16F3N5O2. The lowest BCUT2D eigenvalue weighted by molar-refractivity contribution is -0.136. The fraction of sp³-hybridized carbons (Fsp3) is 0.111. The molecule has 0 fully saturated rings. The van der Waals surface area contributed by atoms with E-state index in [1.165, 1.54) is 13.1 Å². The summed E-state index contributed by atoms with van der Waals surface area (Å²) in [6.45, 7) is 0. The predicted molar refractivity (Wildman–Crippen MR) is 98.2 cm³/mol. The van der Waals surface area contributed by atoms with Crippen LogP contribution in [-0.4, -0.2) is 28.8 Å². The van der Waals surface area contributed by atoms with Crippen LogP contribution in [0.1, 0.15) is 16.1 Å². The quantitative estimate of drug-likeness (QED) is 0.310. The molecule has 0 bridgehead atoms. The zero-order valence-electron chi connectivity index (χ0n) is 14.6. The predicted octanol–water partition coefficient (Wildman–Crippen LogP) is 3.53. The van der Waals surface area contributed by atoms with Gasteiger partial charge in [-0.25, -0.2) is 0 Å². The number of nitrogens with one attached hydrogen (secondary N) is 2. The molecule has 0 aliphatic heterocycles. The topological polar surface area (TPSA) is 121 Å². The Bertz CT molecular complexity index is 1060. The van der Waals surface area contributed by atoms with E-state index >= 15 is 0 Å². The molecule has 7 nitrogen and oxygen atoms in total. The van der Waals surface area contributed by atoms with E-state index in [0.29, 0.717) is 11.4 Å². The zero-order chi connectivity index (χ0) is 20.6. The molecule has 2 aromatic carbocycles. The molecule has 146 valence electrons. The average molecular weight is 391 g/mol. The number of carbonyl (C=O) groups is 1. The highest BCUT2D eigenvalue weighted by Gasteiger charge is 2.34. The Balaban J connectivity index is 2.13. The zero-order valence-corrected chi connectivity index (χ0v) is 14.6. The van der Waals surface area contributed by atoms with Gasteiger partial charge in [-0.2, -0.15) is 13.2 Å². The summed E-state index contributed by atoms with van der Waals surface area (Å²) < 4.78 is 45.9. The molecule has 3 rings (SSSR count). The van der Waals surface area contributed by atoms with Gasteiger partial charge in [0.15, 0.2) is 11.7 Å². The molecule has 28 heavy (non-hydrogen) atoms. The number of hydrogen-bond acceptors (Lipinski definition) is 4. The molecule has 10 heteroatoms. The second kappa shape index (κ2) is 6.80. The van der Waals surface area contributed by atoms with E-state index in [2.05, 4.69) is 4.98 Å². The Morgan fingerprint density at radius 1 is 1.18 bits per heavy atom. The van der Waals surface area contributed by atoms with E-state index in [1.54, 1.807) is 24.3 Å². The number of H-pyrrole nitrogens is 1. The van der Waals surface area contributed by atoms with Crippen LogP contribution in [-0.2, 0) is 6.18 Å². The molecule has 6 N–H and O–H groups in total. The highest BCUT2D eigenvalue weighted by Crippen LogP contribution is 2.40. The molecule has 0 aliphatic rings. The van der Waals surface area contributed by atoms with Crippen LogP contribution in [0.3, 0.4) is 0 Å². The number of guanidine groups is 1. The van der Waals surface area contributed by atoms with Gasteiger partial charge in [-0.05, 0) is 42.5 Å². The molecule has 0 saturated heterocycles. The Morgan fingerprint density at radius 3 is 2.39 bits per heavy atom. The van der Waals surface area contributed by atoms with Gasteiger partial charge in [0.1, 0.15) is 11.4 Å². The lowest BCUT2D eigenvalue weighted by Crippen LogP contribution is -2.38. The summed E-state index contributed by atoms with van der Waals surface area (Å²) in [7, 11) is 1.24. The second-order valence-electron chi connectivity index (χ2n) is 6.00. The van der Waals surface area contributed by atoms with Crippen LogP contribution in [0.4, 0.5) is 18.9 Å². The minimum absolute atomic E-state index is 0.00745. The van der Waals surface area contributed by atoms with Gasteiger partial charge in [0, 0.05) is 18.1 Å². The molecule has 0 spiro atoms. The summed E-state index contributed by atoms with van der Waals surface area (Å²) in [4.78, 5) is 15.8. The normalized spacial score (nSPS) is 11.4. The molecule has 1 aromatic heterocycles. The Morgan fingerprint density at radius 2 is 1.82 bits per heavy atom. The first-order chi connectivity index (χ1) is 13.1. The molecular weight excluding hydrogens is 375 g/mol. The van der Waals surface area contributed by atoms with Crippen LogP contribution in [0.2, 0.25) is 0 Å². The van der Waals surface area contributed by atoms with E-state index in [0.717, 1.165) is 17.0 Å². The first kappa shape index (κ1) is 19.1. The fourth-order valence-electron chi connectivity index (χ4n) is 2.59. The van der Waals surface area contributed by atoms with Crippen molar-refractivity contribution in [2.75, 3.05) is 12.8 Å². The summed E-state index contributed by atoms with van der Waals surface area (Å²) in [5.74, 6) is -0.843. The number of amides is 1. The molecule has 0 saturated carbocycles. The van der Waals surface area contributed by atoms with Gasteiger partial charge in [0.05, 0.1) is 11.1 Å². The Hall–Kier alpha value is -3.69. The van der Waals surface area contributed by atoms with Gasteiger partial charge in [0.25, 0.3) is 5.91 Å². The number of nitrogens with zero attached hydrogens (tertiary/aromatic N) is 1. The molecule has 3 aromatic rings. The molecule has 1 amide bonds. The van der Waals surface area contributed by atoms with Crippen molar-refractivity contribution in [3.63, 3.8) is 0 Å². The maximum absolute atomic E-state index is 13.4. The van der Waals surface area contributed by atoms with Crippen LogP contribution in [0.5, 0.6) is 11.5 Å². The number of benzene rings is 2. The molecule has 0 unspecified atom stereocenters. The fourth-order valence-corrected chi connectivity index (χ4v) is 2.59. The lowest BCUT2D eigenvalue weighted by atomic mass is 10.1. The number of ether oxygens (including phenoxy) is 1. The third-order valence-electron chi connectivity index (χ3n) is 4.07. The standard InChI is InChI=1S/C18H16F3N5O2/c1-26(17(23)24)16(27)13-8-11-12(18(19,20)21)6-7-14(15(11)25-13)28-10-4-2-9(22)3-5-10/h2-8,25H,22H2,1H3,(H3,23,24). The van der Waals surface area contributed by atoms with Crippen molar-refractivity contribution >= 4 is 28.5 Å². The van der Waals surface area contributed by atoms with E-state index in [4.69, 9.17) is 21.6 Å². The molecule has 0 aliphatic carbocycles. The van der Waals surface area contributed by atoms with Gasteiger partial charge < -0.3 is 21.2 Å². The number of fused-ring (bicyclic) bond motifs is 1. The van der Waals surface area contributed by atoms with Crippen LogP contribution < -0.4 is 16.2 Å².